The van der Waals surface area contributed by atoms with Crippen molar-refractivity contribution in [3.05, 3.63) is 25.3 Å². The summed E-state index contributed by atoms with van der Waals surface area (Å²) >= 11 is 0. The van der Waals surface area contributed by atoms with Crippen molar-refractivity contribution in [3.63, 3.8) is 0 Å². The van der Waals surface area contributed by atoms with Crippen molar-refractivity contribution in [2.75, 3.05) is 46.6 Å². The lowest BCUT2D eigenvalue weighted by atomic mass is 10.3. The molecule has 0 heterocycles. The molecule has 0 aromatic carbocycles. The molecule has 2 amide bonds. The van der Waals surface area contributed by atoms with Crippen LogP contribution in [0.2, 0.25) is 0 Å². The predicted octanol–water partition coefficient (Wildman–Crippen LogP) is -1.08. The summed E-state index contributed by atoms with van der Waals surface area (Å²) in [5.41, 5.74) is 0. The second kappa shape index (κ2) is 14.6. The topological polar surface area (TPSA) is 201 Å². The van der Waals surface area contributed by atoms with Gasteiger partial charge in [0.05, 0.1) is 26.4 Å². The largest absolute Gasteiger partial charge is 0.469 e. The highest BCUT2D eigenvalue weighted by Gasteiger charge is 2.25. The molecule has 0 aliphatic rings. The summed E-state index contributed by atoms with van der Waals surface area (Å²) in [7, 11) is -8.28. The van der Waals surface area contributed by atoms with E-state index in [2.05, 4.69) is 27.5 Å². The van der Waals surface area contributed by atoms with Gasteiger partial charge in [0.1, 0.15) is 12.2 Å². The third-order valence-corrected chi connectivity index (χ3v) is 4.42. The van der Waals surface area contributed by atoms with Crippen molar-refractivity contribution in [1.82, 2.24) is 10.2 Å². The van der Waals surface area contributed by atoms with E-state index in [0.717, 1.165) is 17.1 Å². The fraction of sp³-hybridized carbons (Fsp3) is 0.600. The molecule has 5 N–H and O–H groups in total. The summed E-state index contributed by atoms with van der Waals surface area (Å²) in [6.07, 6.45) is -0.306. The molecule has 0 aromatic rings. The van der Waals surface area contributed by atoms with Crippen LogP contribution in [0.4, 0.5) is 0 Å². The second-order valence-corrected chi connectivity index (χ2v) is 8.34. The van der Waals surface area contributed by atoms with Gasteiger partial charge in [0.2, 0.25) is 11.8 Å². The van der Waals surface area contributed by atoms with E-state index in [1.807, 2.05) is 0 Å². The minimum atomic E-state index is -4.84. The Morgan fingerprint density at radius 2 is 1.45 bits per heavy atom. The lowest BCUT2D eigenvalue weighted by Gasteiger charge is -2.23. The van der Waals surface area contributed by atoms with Crippen LogP contribution >= 0.6 is 15.6 Å². The fourth-order valence-corrected chi connectivity index (χ4v) is 3.06. The van der Waals surface area contributed by atoms with Crippen molar-refractivity contribution in [1.29, 1.82) is 0 Å². The minimum absolute atomic E-state index is 0.0816. The van der Waals surface area contributed by atoms with E-state index in [1.54, 1.807) is 0 Å². The van der Waals surface area contributed by atoms with E-state index >= 15 is 0 Å². The Kier molecular flexibility index (Phi) is 13.9. The monoisotopic (exact) mass is 490 g/mol. The Morgan fingerprint density at radius 1 is 0.968 bits per heavy atom. The van der Waals surface area contributed by atoms with Crippen LogP contribution in [0.1, 0.15) is 0 Å². The van der Waals surface area contributed by atoms with Gasteiger partial charge in [-0.1, -0.05) is 13.2 Å². The molecule has 0 bridgehead atoms. The second-order valence-electron chi connectivity index (χ2n) is 5.96. The number of nitrogens with zero attached hydrogens (tertiary/aromatic N) is 1. The lowest BCUT2D eigenvalue weighted by molar-refractivity contribution is -0.126. The Labute approximate surface area is 179 Å². The first-order chi connectivity index (χ1) is 14.3. The molecule has 2 unspecified atom stereocenters. The zero-order valence-electron chi connectivity index (χ0n) is 16.9. The maximum absolute atomic E-state index is 11.5. The molecular weight excluding hydrogens is 462 g/mol. The van der Waals surface area contributed by atoms with Crippen molar-refractivity contribution in [3.8, 4) is 0 Å². The smallest absolute Gasteiger partial charge is 0.376 e. The third kappa shape index (κ3) is 16.9. The number of phosphoric ester groups is 2. The molecule has 0 radical (unpaired) electrons. The van der Waals surface area contributed by atoms with Gasteiger partial charge in [-0.2, -0.15) is 0 Å². The van der Waals surface area contributed by atoms with Crippen LogP contribution in [0.5, 0.6) is 0 Å². The summed E-state index contributed by atoms with van der Waals surface area (Å²) in [6, 6.07) is 0. The van der Waals surface area contributed by atoms with Crippen molar-refractivity contribution < 1.29 is 56.8 Å². The number of carbonyl (C=O) groups is 2. The lowest BCUT2D eigenvalue weighted by Crippen LogP contribution is -2.37. The highest BCUT2D eigenvalue weighted by atomic mass is 31.2. The summed E-state index contributed by atoms with van der Waals surface area (Å²) in [6.45, 7) is 5.35. The van der Waals surface area contributed by atoms with E-state index in [-0.39, 0.29) is 39.5 Å². The molecule has 0 aromatic heterocycles. The first-order valence-corrected chi connectivity index (χ1v) is 11.7. The molecular formula is C15H28N2O12P2. The zero-order chi connectivity index (χ0) is 24.1. The maximum atomic E-state index is 11.5. The van der Waals surface area contributed by atoms with Crippen LogP contribution in [0, 0.1) is 0 Å². The van der Waals surface area contributed by atoms with Gasteiger partial charge in [0, 0.05) is 20.1 Å². The molecule has 0 saturated carbocycles. The van der Waals surface area contributed by atoms with Crippen molar-refractivity contribution >= 4 is 27.5 Å². The molecule has 0 spiro atoms. The van der Waals surface area contributed by atoms with Crippen LogP contribution in [-0.2, 0) is 37.2 Å². The zero-order valence-corrected chi connectivity index (χ0v) is 18.7. The number of amides is 2. The minimum Gasteiger partial charge on any atom is -0.376 e. The van der Waals surface area contributed by atoms with Crippen LogP contribution < -0.4 is 5.32 Å². The molecule has 0 fully saturated rings. The normalized spacial score (nSPS) is 13.8. The average Bonchev–Trinajstić information content (AvgIpc) is 2.64. The van der Waals surface area contributed by atoms with E-state index in [9.17, 15) is 18.7 Å². The summed E-state index contributed by atoms with van der Waals surface area (Å²) in [4.78, 5) is 59.5. The number of ether oxygens (including phenoxy) is 2. The van der Waals surface area contributed by atoms with Crippen LogP contribution in [0.15, 0.2) is 25.3 Å². The quantitative estimate of drug-likeness (QED) is 0.0939. The highest BCUT2D eigenvalue weighted by Crippen LogP contribution is 2.38. The number of phosphoric acid groups is 2. The van der Waals surface area contributed by atoms with E-state index in [0.29, 0.717) is 0 Å². The number of hydrogen-bond donors (Lipinski definition) is 5. The SMILES string of the molecule is C=CC(=O)NCC(COCCOCC(CN(C)C(=O)C=C)OP(=O)(O)O)OP(=O)(O)O. The molecule has 31 heavy (non-hydrogen) atoms. The number of rotatable bonds is 17. The molecule has 180 valence electrons. The molecule has 0 saturated heterocycles. The molecule has 0 aliphatic heterocycles. The van der Waals surface area contributed by atoms with Gasteiger partial charge in [-0.3, -0.25) is 18.6 Å². The van der Waals surface area contributed by atoms with Gasteiger partial charge >= 0.3 is 15.6 Å². The Morgan fingerprint density at radius 3 is 1.90 bits per heavy atom. The van der Waals surface area contributed by atoms with Gasteiger partial charge in [-0.05, 0) is 12.2 Å². The van der Waals surface area contributed by atoms with Gasteiger partial charge in [0.25, 0.3) is 0 Å². The van der Waals surface area contributed by atoms with Crippen LogP contribution in [0.3, 0.4) is 0 Å². The van der Waals surface area contributed by atoms with Crippen LogP contribution in [0.25, 0.3) is 0 Å². The van der Waals surface area contributed by atoms with Crippen molar-refractivity contribution in [2.24, 2.45) is 0 Å². The predicted molar refractivity (Wildman–Crippen MR) is 107 cm³/mol. The van der Waals surface area contributed by atoms with Gasteiger partial charge in [-0.15, -0.1) is 0 Å². The van der Waals surface area contributed by atoms with E-state index in [4.69, 9.17) is 29.0 Å². The third-order valence-electron chi connectivity index (χ3n) is 3.27. The molecule has 0 aliphatic carbocycles. The number of hydrogen-bond acceptors (Lipinski definition) is 8. The fourth-order valence-electron chi connectivity index (χ4n) is 2.02. The van der Waals surface area contributed by atoms with Gasteiger partial charge in [-0.25, -0.2) is 9.13 Å². The van der Waals surface area contributed by atoms with Gasteiger partial charge < -0.3 is 39.3 Å². The number of carbonyl (C=O) groups excluding carboxylic acids is 2. The Hall–Kier alpha value is -1.44. The first-order valence-electron chi connectivity index (χ1n) is 8.68. The maximum Gasteiger partial charge on any atom is 0.469 e. The first kappa shape index (κ1) is 29.6. The average molecular weight is 490 g/mol. The molecule has 0 rings (SSSR count). The molecule has 14 nitrogen and oxygen atoms in total. The molecule has 16 heteroatoms. The van der Waals surface area contributed by atoms with E-state index < -0.39 is 39.7 Å². The van der Waals surface area contributed by atoms with Crippen LogP contribution in [-0.4, -0.2) is 95.1 Å². The number of likely N-dealkylation sites (N-methyl/N-ethyl adjacent to an activating group) is 1. The molecule has 2 atom stereocenters. The highest BCUT2D eigenvalue weighted by molar-refractivity contribution is 7.46. The summed E-state index contributed by atoms with van der Waals surface area (Å²) < 4.78 is 41.6. The Balaban J connectivity index is 4.49. The summed E-state index contributed by atoms with van der Waals surface area (Å²) in [5, 5.41) is 2.31. The van der Waals surface area contributed by atoms with Crippen molar-refractivity contribution in [2.45, 2.75) is 12.2 Å². The number of nitrogens with one attached hydrogen (secondary N) is 1. The summed E-state index contributed by atoms with van der Waals surface area (Å²) in [5.74, 6) is -1.05. The van der Waals surface area contributed by atoms with E-state index in [1.165, 1.54) is 7.05 Å². The van der Waals surface area contributed by atoms with Gasteiger partial charge in [0.15, 0.2) is 0 Å². The Bertz CT molecular complexity index is 691. The standard InChI is InChI=1S/C15H28N2O12P2/c1-4-14(18)16-8-12(28-30(20,21)22)10-26-6-7-27-11-13(29-31(23,24)25)9-17(3)15(19)5-2/h4-5,12-13H,1-2,6-11H2,3H3,(H,16,18)(H2,20,21,22)(H2,23,24,25).